The van der Waals surface area contributed by atoms with E-state index in [9.17, 15) is 9.59 Å². The molecular formula is C28H39ClN2O2. The number of benzene rings is 1. The predicted octanol–water partition coefficient (Wildman–Crippen LogP) is 5.65. The highest BCUT2D eigenvalue weighted by Crippen LogP contribution is 2.54. The molecule has 33 heavy (non-hydrogen) atoms. The van der Waals surface area contributed by atoms with E-state index in [1.54, 1.807) is 0 Å². The summed E-state index contributed by atoms with van der Waals surface area (Å²) in [6.45, 7) is 5.61. The molecule has 0 radical (unpaired) electrons. The third kappa shape index (κ3) is 4.97. The number of nitrogens with zero attached hydrogens (tertiary/aromatic N) is 1. The minimum atomic E-state index is -0.415. The van der Waals surface area contributed by atoms with E-state index in [-0.39, 0.29) is 23.7 Å². The zero-order valence-electron chi connectivity index (χ0n) is 20.1. The van der Waals surface area contributed by atoms with Crippen molar-refractivity contribution in [3.05, 3.63) is 34.9 Å². The number of rotatable bonds is 5. The number of piperidine rings is 1. The molecule has 0 aromatic heterocycles. The first-order chi connectivity index (χ1) is 15.9. The molecule has 6 atom stereocenters. The second kappa shape index (κ2) is 9.60. The maximum absolute atomic E-state index is 13.5. The molecule has 3 saturated carbocycles. The van der Waals surface area contributed by atoms with Gasteiger partial charge < -0.3 is 10.2 Å². The fraction of sp³-hybridized carbons (Fsp3) is 0.714. The predicted molar refractivity (Wildman–Crippen MR) is 132 cm³/mol. The summed E-state index contributed by atoms with van der Waals surface area (Å²) < 4.78 is 0. The summed E-state index contributed by atoms with van der Waals surface area (Å²) in [7, 11) is 0. The van der Waals surface area contributed by atoms with E-state index >= 15 is 0 Å². The van der Waals surface area contributed by atoms with Crippen LogP contribution in [0.1, 0.15) is 76.7 Å². The first-order valence-corrected chi connectivity index (χ1v) is 13.6. The minimum Gasteiger partial charge on any atom is -0.344 e. The summed E-state index contributed by atoms with van der Waals surface area (Å²) >= 11 is 6.04. The highest BCUT2D eigenvalue weighted by Gasteiger charge is 2.46. The van der Waals surface area contributed by atoms with Crippen molar-refractivity contribution in [1.82, 2.24) is 10.2 Å². The van der Waals surface area contributed by atoms with E-state index < -0.39 is 6.04 Å². The molecule has 1 saturated heterocycles. The van der Waals surface area contributed by atoms with Gasteiger partial charge in [0, 0.05) is 24.0 Å². The van der Waals surface area contributed by atoms with Gasteiger partial charge in [-0.2, -0.15) is 0 Å². The van der Waals surface area contributed by atoms with Crippen molar-refractivity contribution in [3.8, 4) is 0 Å². The first kappa shape index (κ1) is 23.2. The summed E-state index contributed by atoms with van der Waals surface area (Å²) in [5, 5.41) is 3.99. The van der Waals surface area contributed by atoms with Gasteiger partial charge >= 0.3 is 0 Å². The van der Waals surface area contributed by atoms with Gasteiger partial charge in [0.25, 0.3) is 0 Å². The van der Waals surface area contributed by atoms with Crippen LogP contribution >= 0.6 is 11.6 Å². The van der Waals surface area contributed by atoms with Gasteiger partial charge in [-0.15, -0.1) is 0 Å². The number of hydrogen-bond donors (Lipinski definition) is 1. The maximum Gasteiger partial charge on any atom is 0.245 e. The Hall–Kier alpha value is -1.55. The third-order valence-corrected chi connectivity index (χ3v) is 9.45. The summed E-state index contributed by atoms with van der Waals surface area (Å²) in [5.41, 5.74) is 1.30. The molecule has 0 spiro atoms. The monoisotopic (exact) mass is 470 g/mol. The molecule has 5 heteroatoms. The van der Waals surface area contributed by atoms with E-state index in [4.69, 9.17) is 11.6 Å². The Morgan fingerprint density at radius 2 is 1.52 bits per heavy atom. The Labute approximate surface area is 203 Å². The van der Waals surface area contributed by atoms with Crippen molar-refractivity contribution in [3.63, 3.8) is 0 Å². The van der Waals surface area contributed by atoms with Crippen molar-refractivity contribution in [2.75, 3.05) is 13.1 Å². The topological polar surface area (TPSA) is 49.4 Å². The zero-order chi connectivity index (χ0) is 23.1. The molecule has 3 bridgehead atoms. The van der Waals surface area contributed by atoms with Crippen LogP contribution in [0.2, 0.25) is 5.02 Å². The SMILES string of the molecule is CC(C)[C@@H](NC(=O)C1C[C@H]2CC3C[C@@H](C2)C[C@@H]3C1)C(=O)N1CCC(c2ccc(Cl)cc2)CC1. The van der Waals surface area contributed by atoms with Crippen LogP contribution in [-0.4, -0.2) is 35.8 Å². The van der Waals surface area contributed by atoms with Gasteiger partial charge in [-0.1, -0.05) is 37.6 Å². The van der Waals surface area contributed by atoms with Gasteiger partial charge in [-0.3, -0.25) is 9.59 Å². The largest absolute Gasteiger partial charge is 0.344 e. The average molecular weight is 471 g/mol. The molecule has 1 heterocycles. The van der Waals surface area contributed by atoms with Gasteiger partial charge in [0.05, 0.1) is 0 Å². The molecule has 1 aromatic carbocycles. The Bertz CT molecular complexity index is 859. The molecule has 180 valence electrons. The van der Waals surface area contributed by atoms with Crippen LogP contribution in [0.25, 0.3) is 0 Å². The lowest BCUT2D eigenvalue weighted by molar-refractivity contribution is -0.139. The van der Waals surface area contributed by atoms with Gasteiger partial charge in [-0.05, 0) is 105 Å². The smallest absolute Gasteiger partial charge is 0.245 e. The van der Waals surface area contributed by atoms with Gasteiger partial charge in [-0.25, -0.2) is 0 Å². The summed E-state index contributed by atoms with van der Waals surface area (Å²) in [4.78, 5) is 28.8. The van der Waals surface area contributed by atoms with Crippen LogP contribution in [0.3, 0.4) is 0 Å². The molecule has 5 rings (SSSR count). The van der Waals surface area contributed by atoms with E-state index in [1.807, 2.05) is 17.0 Å². The standard InChI is InChI=1S/C28H39ClN2O2/c1-17(2)26(28(33)31-9-7-21(8-10-31)20-3-5-25(29)6-4-20)30-27(32)24-15-19-11-18-12-22(13-19)23(14-18)16-24/h3-6,17-19,21-24,26H,7-16H2,1-2H3,(H,30,32)/t18-,19-,22?,23-,24?,26-/m1/s1. The number of nitrogens with one attached hydrogen (secondary N) is 1. The quantitative estimate of drug-likeness (QED) is 0.604. The summed E-state index contributed by atoms with van der Waals surface area (Å²) in [6.07, 6.45) is 9.37. The molecule has 3 aliphatic carbocycles. The van der Waals surface area contributed by atoms with Crippen molar-refractivity contribution >= 4 is 23.4 Å². The Kier molecular flexibility index (Phi) is 6.75. The molecular weight excluding hydrogens is 432 g/mol. The van der Waals surface area contributed by atoms with Crippen molar-refractivity contribution in [1.29, 1.82) is 0 Å². The van der Waals surface area contributed by atoms with Crippen LogP contribution in [0.4, 0.5) is 0 Å². The van der Waals surface area contributed by atoms with E-state index in [1.165, 1.54) is 31.2 Å². The van der Waals surface area contributed by atoms with Crippen LogP contribution < -0.4 is 5.32 Å². The van der Waals surface area contributed by atoms with Crippen molar-refractivity contribution < 1.29 is 9.59 Å². The van der Waals surface area contributed by atoms with E-state index in [0.29, 0.717) is 5.92 Å². The second-order valence-electron chi connectivity index (χ2n) is 11.7. The number of carbonyl (C=O) groups excluding carboxylic acids is 2. The zero-order valence-corrected chi connectivity index (χ0v) is 20.9. The average Bonchev–Trinajstić information content (AvgIpc) is 3.01. The Morgan fingerprint density at radius 3 is 2.15 bits per heavy atom. The Balaban J connectivity index is 1.19. The number of fused-ring (bicyclic) bond motifs is 2. The minimum absolute atomic E-state index is 0.0912. The van der Waals surface area contributed by atoms with Crippen LogP contribution in [-0.2, 0) is 9.59 Å². The lowest BCUT2D eigenvalue weighted by Crippen LogP contribution is -2.54. The normalized spacial score (nSPS) is 32.6. The van der Waals surface area contributed by atoms with E-state index in [2.05, 4.69) is 31.3 Å². The lowest BCUT2D eigenvalue weighted by Gasteiger charge is -2.36. The molecule has 4 nitrogen and oxygen atoms in total. The number of carbonyl (C=O) groups is 2. The molecule has 1 aromatic rings. The molecule has 1 aliphatic heterocycles. The van der Waals surface area contributed by atoms with E-state index in [0.717, 1.165) is 67.5 Å². The number of amides is 2. The van der Waals surface area contributed by atoms with Crippen LogP contribution in [0, 0.1) is 35.5 Å². The lowest BCUT2D eigenvalue weighted by atomic mass is 9.78. The van der Waals surface area contributed by atoms with Crippen molar-refractivity contribution in [2.45, 2.75) is 77.2 Å². The van der Waals surface area contributed by atoms with Gasteiger partial charge in [0.2, 0.25) is 11.8 Å². The highest BCUT2D eigenvalue weighted by atomic mass is 35.5. The summed E-state index contributed by atoms with van der Waals surface area (Å²) in [6, 6.07) is 7.69. The van der Waals surface area contributed by atoms with Gasteiger partial charge in [0.1, 0.15) is 6.04 Å². The molecule has 2 amide bonds. The summed E-state index contributed by atoms with van der Waals surface area (Å²) in [5.74, 6) is 4.12. The molecule has 2 unspecified atom stereocenters. The number of halogens is 1. The molecule has 4 aliphatic rings. The Morgan fingerprint density at radius 1 is 0.909 bits per heavy atom. The number of hydrogen-bond acceptors (Lipinski definition) is 2. The first-order valence-electron chi connectivity index (χ1n) is 13.2. The fourth-order valence-corrected chi connectivity index (χ4v) is 7.65. The highest BCUT2D eigenvalue weighted by molar-refractivity contribution is 6.30. The fourth-order valence-electron chi connectivity index (χ4n) is 7.52. The van der Waals surface area contributed by atoms with Crippen LogP contribution in [0.15, 0.2) is 24.3 Å². The van der Waals surface area contributed by atoms with Crippen molar-refractivity contribution in [2.24, 2.45) is 35.5 Å². The van der Waals surface area contributed by atoms with Gasteiger partial charge in [0.15, 0.2) is 0 Å². The van der Waals surface area contributed by atoms with Crippen LogP contribution in [0.5, 0.6) is 0 Å². The second-order valence-corrected chi connectivity index (χ2v) is 12.2. The third-order valence-electron chi connectivity index (χ3n) is 9.20. The maximum atomic E-state index is 13.5. The molecule has 1 N–H and O–H groups in total. The molecule has 4 fully saturated rings. The number of likely N-dealkylation sites (tertiary alicyclic amines) is 1.